The molecule has 1 saturated carbocycles. The highest BCUT2D eigenvalue weighted by molar-refractivity contribution is 5.51. The van der Waals surface area contributed by atoms with Crippen LogP contribution in [0.4, 0.5) is 0 Å². The summed E-state index contributed by atoms with van der Waals surface area (Å²) in [4.78, 5) is 0. The predicted molar refractivity (Wildman–Crippen MR) is 57.4 cm³/mol. The van der Waals surface area contributed by atoms with Crippen LogP contribution in [0.25, 0.3) is 0 Å². The second kappa shape index (κ2) is 2.97. The minimum Gasteiger partial charge on any atom is -0.192 e. The van der Waals surface area contributed by atoms with Crippen LogP contribution in [0.5, 0.6) is 0 Å². The Morgan fingerprint density at radius 2 is 1.93 bits per heavy atom. The molecule has 0 aromatic carbocycles. The zero-order valence-corrected chi connectivity index (χ0v) is 9.33. The maximum absolute atomic E-state index is 8.91. The molecule has 3 aliphatic rings. The molecule has 2 nitrogen and oxygen atoms in total. The van der Waals surface area contributed by atoms with Crippen molar-refractivity contribution in [1.29, 1.82) is 10.5 Å². The Bertz CT molecular complexity index is 436. The summed E-state index contributed by atoms with van der Waals surface area (Å²) in [6.07, 6.45) is 3.16. The van der Waals surface area contributed by atoms with E-state index in [1.807, 2.05) is 18.2 Å². The lowest BCUT2D eigenvalue weighted by Crippen LogP contribution is -2.49. The molecule has 0 spiro atoms. The van der Waals surface area contributed by atoms with Crippen molar-refractivity contribution >= 4 is 0 Å². The highest BCUT2D eigenvalue weighted by Gasteiger charge is 2.52. The molecule has 0 saturated heterocycles. The molecule has 2 unspecified atom stereocenters. The molecule has 2 atom stereocenters. The Morgan fingerprint density at radius 1 is 1.33 bits per heavy atom. The number of nitrogens with zero attached hydrogens (tertiary/aromatic N) is 2. The van der Waals surface area contributed by atoms with Gasteiger partial charge in [-0.1, -0.05) is 25.5 Å². The molecule has 0 aromatic rings. The molecule has 3 rings (SSSR count). The molecule has 2 bridgehead atoms. The van der Waals surface area contributed by atoms with Crippen LogP contribution in [0, 0.1) is 39.9 Å². The van der Waals surface area contributed by atoms with Gasteiger partial charge >= 0.3 is 0 Å². The number of hydrogen-bond donors (Lipinski definition) is 0. The fourth-order valence-corrected chi connectivity index (χ4v) is 3.07. The van der Waals surface area contributed by atoms with Crippen LogP contribution >= 0.6 is 0 Å². The molecule has 0 N–H and O–H groups in total. The smallest absolute Gasteiger partial charge is 0.133 e. The van der Waals surface area contributed by atoms with Crippen LogP contribution in [0.15, 0.2) is 22.8 Å². The first-order valence-corrected chi connectivity index (χ1v) is 5.25. The Balaban J connectivity index is 2.56. The molecule has 2 heteroatoms. The summed E-state index contributed by atoms with van der Waals surface area (Å²) in [6.45, 7) is 6.57. The number of nitriles is 2. The Kier molecular flexibility index (Phi) is 1.98. The third-order valence-corrected chi connectivity index (χ3v) is 4.09. The van der Waals surface area contributed by atoms with Gasteiger partial charge < -0.3 is 0 Å². The van der Waals surface area contributed by atoms with Gasteiger partial charge in [0.1, 0.15) is 17.7 Å². The Hall–Kier alpha value is -1.54. The first-order valence-electron chi connectivity index (χ1n) is 5.25. The van der Waals surface area contributed by atoms with Crippen LogP contribution in [-0.2, 0) is 0 Å². The minimum atomic E-state index is 0.229. The van der Waals surface area contributed by atoms with Gasteiger partial charge in [-0.25, -0.2) is 0 Å². The van der Waals surface area contributed by atoms with Crippen molar-refractivity contribution in [3.63, 3.8) is 0 Å². The van der Waals surface area contributed by atoms with Gasteiger partial charge in [0.2, 0.25) is 0 Å². The normalized spacial score (nSPS) is 30.7. The van der Waals surface area contributed by atoms with Gasteiger partial charge in [-0.05, 0) is 36.2 Å². The van der Waals surface area contributed by atoms with E-state index in [2.05, 4.69) is 20.8 Å². The number of hydrogen-bond acceptors (Lipinski definition) is 2. The first-order chi connectivity index (χ1) is 7.02. The first kappa shape index (κ1) is 9.99. The molecular formula is C13H14N2. The number of rotatable bonds is 0. The van der Waals surface area contributed by atoms with Crippen molar-refractivity contribution in [3.8, 4) is 12.1 Å². The average Bonchev–Trinajstić information content (AvgIpc) is 2.18. The quantitative estimate of drug-likeness (QED) is 0.562. The van der Waals surface area contributed by atoms with E-state index in [9.17, 15) is 0 Å². The lowest BCUT2D eigenvalue weighted by Gasteiger charge is -2.56. The molecule has 15 heavy (non-hydrogen) atoms. The molecule has 0 radical (unpaired) electrons. The highest BCUT2D eigenvalue weighted by Crippen LogP contribution is 2.61. The minimum absolute atomic E-state index is 0.229. The largest absolute Gasteiger partial charge is 0.192 e. The highest BCUT2D eigenvalue weighted by atomic mass is 14.6. The van der Waals surface area contributed by atoms with Crippen molar-refractivity contribution in [2.75, 3.05) is 0 Å². The average molecular weight is 198 g/mol. The van der Waals surface area contributed by atoms with Crippen LogP contribution in [0.3, 0.4) is 0 Å². The predicted octanol–water partition coefficient (Wildman–Crippen LogP) is 2.95. The standard InChI is InChI=1S/C13H14N2/c1-8-4-10(9(6-14)7-15)12-5-11(8)13(12,2)3/h4,11-12H,5H2,1-3H3. The SMILES string of the molecule is CC1=CC(=C(C#N)C#N)C2CC1C2(C)C. The van der Waals surface area contributed by atoms with E-state index in [4.69, 9.17) is 10.5 Å². The Labute approximate surface area is 90.5 Å². The summed E-state index contributed by atoms with van der Waals surface area (Å²) in [5.74, 6) is 1.05. The summed E-state index contributed by atoms with van der Waals surface area (Å²) in [6, 6.07) is 4.02. The van der Waals surface area contributed by atoms with Gasteiger partial charge in [-0.3, -0.25) is 0 Å². The zero-order valence-electron chi connectivity index (χ0n) is 9.33. The number of allylic oxidation sites excluding steroid dienone is 4. The van der Waals surface area contributed by atoms with Crippen LogP contribution < -0.4 is 0 Å². The summed E-state index contributed by atoms with van der Waals surface area (Å²) < 4.78 is 0. The molecule has 0 amide bonds. The zero-order chi connectivity index (χ0) is 11.2. The summed E-state index contributed by atoms with van der Waals surface area (Å²) in [5, 5.41) is 17.8. The van der Waals surface area contributed by atoms with Crippen molar-refractivity contribution < 1.29 is 0 Å². The molecule has 1 fully saturated rings. The van der Waals surface area contributed by atoms with Crippen molar-refractivity contribution in [1.82, 2.24) is 0 Å². The topological polar surface area (TPSA) is 47.6 Å². The van der Waals surface area contributed by atoms with Crippen molar-refractivity contribution in [2.24, 2.45) is 17.3 Å². The molecule has 0 heterocycles. The van der Waals surface area contributed by atoms with E-state index < -0.39 is 0 Å². The van der Waals surface area contributed by atoms with E-state index in [0.29, 0.717) is 17.4 Å². The third-order valence-electron chi connectivity index (χ3n) is 4.09. The van der Waals surface area contributed by atoms with E-state index in [1.54, 1.807) is 0 Å². The van der Waals surface area contributed by atoms with Crippen LogP contribution in [0.1, 0.15) is 27.2 Å². The maximum atomic E-state index is 8.91. The second-order valence-electron chi connectivity index (χ2n) is 5.10. The van der Waals surface area contributed by atoms with Gasteiger partial charge in [0.05, 0.1) is 0 Å². The van der Waals surface area contributed by atoms with Gasteiger partial charge in [0.15, 0.2) is 0 Å². The lowest BCUT2D eigenvalue weighted by molar-refractivity contribution is 0.0235. The van der Waals surface area contributed by atoms with E-state index in [-0.39, 0.29) is 5.41 Å². The fourth-order valence-electron chi connectivity index (χ4n) is 3.07. The maximum Gasteiger partial charge on any atom is 0.133 e. The molecule has 0 aromatic heterocycles. The lowest BCUT2D eigenvalue weighted by atomic mass is 9.47. The summed E-state index contributed by atoms with van der Waals surface area (Å²) in [7, 11) is 0. The summed E-state index contributed by atoms with van der Waals surface area (Å²) in [5.41, 5.74) is 2.81. The third kappa shape index (κ3) is 1.15. The Morgan fingerprint density at radius 3 is 2.33 bits per heavy atom. The van der Waals surface area contributed by atoms with Gasteiger partial charge in [0, 0.05) is 0 Å². The monoisotopic (exact) mass is 198 g/mol. The second-order valence-corrected chi connectivity index (χ2v) is 5.10. The molecule has 0 aliphatic heterocycles. The summed E-state index contributed by atoms with van der Waals surface area (Å²) >= 11 is 0. The number of fused-ring (bicyclic) bond motifs is 1. The van der Waals surface area contributed by atoms with E-state index in [1.165, 1.54) is 5.57 Å². The van der Waals surface area contributed by atoms with Gasteiger partial charge in [-0.2, -0.15) is 10.5 Å². The van der Waals surface area contributed by atoms with Gasteiger partial charge in [-0.15, -0.1) is 0 Å². The van der Waals surface area contributed by atoms with Crippen molar-refractivity contribution in [2.45, 2.75) is 27.2 Å². The van der Waals surface area contributed by atoms with Crippen LogP contribution in [0.2, 0.25) is 0 Å². The molecular weight excluding hydrogens is 184 g/mol. The van der Waals surface area contributed by atoms with Gasteiger partial charge in [0.25, 0.3) is 0 Å². The molecule has 3 aliphatic carbocycles. The van der Waals surface area contributed by atoms with Crippen LogP contribution in [-0.4, -0.2) is 0 Å². The van der Waals surface area contributed by atoms with E-state index >= 15 is 0 Å². The fraction of sp³-hybridized carbons (Fsp3) is 0.538. The molecule has 76 valence electrons. The van der Waals surface area contributed by atoms with Crippen molar-refractivity contribution in [3.05, 3.63) is 22.8 Å². The van der Waals surface area contributed by atoms with E-state index in [0.717, 1.165) is 12.0 Å².